The number of phenolic OH excluding ortho intramolecular Hbond substituents is 2. The Balaban J connectivity index is 0.00000178. The summed E-state index contributed by atoms with van der Waals surface area (Å²) in [5, 5.41) is 21.3. The van der Waals surface area contributed by atoms with Crippen LogP contribution in [0.5, 0.6) is 11.5 Å². The molecule has 1 amide bonds. The number of ether oxygens (including phenoxy) is 1. The number of allylic oxidation sites excluding steroid dienone is 2. The molecule has 0 atom stereocenters. The Morgan fingerprint density at radius 2 is 1.79 bits per heavy atom. The van der Waals surface area contributed by atoms with Gasteiger partial charge in [0.2, 0.25) is 5.91 Å². The van der Waals surface area contributed by atoms with E-state index in [-0.39, 0.29) is 23.9 Å². The first-order chi connectivity index (χ1) is 13.7. The number of aromatic hydroxyl groups is 2. The zero-order valence-electron chi connectivity index (χ0n) is 17.5. The third kappa shape index (κ3) is 11.8. The van der Waals surface area contributed by atoms with Gasteiger partial charge in [-0.1, -0.05) is 52.3 Å². The van der Waals surface area contributed by atoms with E-state index in [9.17, 15) is 23.4 Å². The summed E-state index contributed by atoms with van der Waals surface area (Å²) in [5.41, 5.74) is 1.06. The van der Waals surface area contributed by atoms with Crippen molar-refractivity contribution >= 4 is 21.3 Å². The predicted molar refractivity (Wildman–Crippen MR) is 116 cm³/mol. The number of carbonyl (C=O) groups excluding carboxylic acids is 1. The van der Waals surface area contributed by atoms with Crippen molar-refractivity contribution in [1.82, 2.24) is 5.32 Å². The molecule has 0 heterocycles. The SMILES string of the molecule is C=C/C(=C\OCCS(=O)(=O)CC(=O)NCCC)c1ccc(O)c(O)c1.CCCC. The molecular formula is C21H33NO6S. The third-order valence-electron chi connectivity index (χ3n) is 3.67. The molecule has 0 aromatic heterocycles. The minimum absolute atomic E-state index is 0.120. The second kappa shape index (κ2) is 14.5. The Kier molecular flexibility index (Phi) is 13.3. The van der Waals surface area contributed by atoms with Gasteiger partial charge in [-0.2, -0.15) is 0 Å². The van der Waals surface area contributed by atoms with Crippen molar-refractivity contribution in [3.8, 4) is 11.5 Å². The highest BCUT2D eigenvalue weighted by molar-refractivity contribution is 7.92. The van der Waals surface area contributed by atoms with Crippen molar-refractivity contribution in [2.24, 2.45) is 0 Å². The lowest BCUT2D eigenvalue weighted by Gasteiger charge is -2.07. The zero-order valence-corrected chi connectivity index (χ0v) is 18.3. The average molecular weight is 428 g/mol. The van der Waals surface area contributed by atoms with Crippen LogP contribution in [-0.4, -0.2) is 49.2 Å². The van der Waals surface area contributed by atoms with Gasteiger partial charge in [0.15, 0.2) is 21.3 Å². The van der Waals surface area contributed by atoms with Gasteiger partial charge in [0.1, 0.15) is 12.4 Å². The van der Waals surface area contributed by atoms with E-state index in [1.807, 2.05) is 6.92 Å². The van der Waals surface area contributed by atoms with Crippen LogP contribution >= 0.6 is 0 Å². The van der Waals surface area contributed by atoms with E-state index >= 15 is 0 Å². The number of hydrogen-bond donors (Lipinski definition) is 3. The molecule has 0 radical (unpaired) electrons. The van der Waals surface area contributed by atoms with Crippen LogP contribution in [0.25, 0.3) is 5.57 Å². The summed E-state index contributed by atoms with van der Waals surface area (Å²) in [4.78, 5) is 11.4. The number of amides is 1. The first-order valence-corrected chi connectivity index (χ1v) is 11.5. The van der Waals surface area contributed by atoms with Crippen molar-refractivity contribution in [3.05, 3.63) is 42.7 Å². The topological polar surface area (TPSA) is 113 Å². The number of rotatable bonds is 11. The van der Waals surface area contributed by atoms with E-state index in [0.717, 1.165) is 6.42 Å². The maximum absolute atomic E-state index is 11.8. The van der Waals surface area contributed by atoms with Crippen LogP contribution in [0.3, 0.4) is 0 Å². The Bertz CT molecular complexity index is 769. The van der Waals surface area contributed by atoms with Crippen LogP contribution in [0.1, 0.15) is 45.6 Å². The number of unbranched alkanes of at least 4 members (excludes halogenated alkanes) is 1. The first-order valence-electron chi connectivity index (χ1n) is 9.64. The van der Waals surface area contributed by atoms with Gasteiger partial charge < -0.3 is 20.3 Å². The number of nitrogens with one attached hydrogen (secondary N) is 1. The first kappa shape index (κ1) is 26.5. The summed E-state index contributed by atoms with van der Waals surface area (Å²) in [7, 11) is -3.56. The molecule has 0 aliphatic heterocycles. The van der Waals surface area contributed by atoms with Crippen molar-refractivity contribution < 1.29 is 28.2 Å². The standard InChI is InChI=1S/C17H23NO6S.C4H10/c1-3-7-18-17(21)12-25(22,23)9-8-24-11-13(4-2)14-5-6-15(19)16(20)10-14;1-3-4-2/h4-6,10-11,19-20H,2-3,7-9,12H2,1H3,(H,18,21);3-4H2,1-2H3/b13-11+;. The molecule has 0 bridgehead atoms. The van der Waals surface area contributed by atoms with Crippen LogP contribution in [-0.2, 0) is 19.4 Å². The van der Waals surface area contributed by atoms with Gasteiger partial charge in [-0.25, -0.2) is 8.42 Å². The second-order valence-electron chi connectivity index (χ2n) is 6.29. The Hall–Kier alpha value is -2.48. The van der Waals surface area contributed by atoms with Crippen molar-refractivity contribution in [1.29, 1.82) is 0 Å². The van der Waals surface area contributed by atoms with Crippen LogP contribution in [0.2, 0.25) is 0 Å². The van der Waals surface area contributed by atoms with Gasteiger partial charge >= 0.3 is 0 Å². The Morgan fingerprint density at radius 1 is 1.14 bits per heavy atom. The molecule has 7 nitrogen and oxygen atoms in total. The van der Waals surface area contributed by atoms with Crippen LogP contribution < -0.4 is 5.32 Å². The lowest BCUT2D eigenvalue weighted by Crippen LogP contribution is -2.32. The monoisotopic (exact) mass is 427 g/mol. The predicted octanol–water partition coefficient (Wildman–Crippen LogP) is 3.39. The van der Waals surface area contributed by atoms with Gasteiger partial charge in [0, 0.05) is 12.1 Å². The van der Waals surface area contributed by atoms with E-state index in [1.165, 1.54) is 37.3 Å². The number of phenols is 2. The molecule has 0 saturated heterocycles. The molecule has 0 aliphatic rings. The van der Waals surface area contributed by atoms with Crippen molar-refractivity contribution in [3.63, 3.8) is 0 Å². The molecule has 0 aliphatic carbocycles. The largest absolute Gasteiger partial charge is 0.504 e. The summed E-state index contributed by atoms with van der Waals surface area (Å²) >= 11 is 0. The van der Waals surface area contributed by atoms with Gasteiger partial charge in [0.25, 0.3) is 0 Å². The zero-order chi connectivity index (χ0) is 22.3. The van der Waals surface area contributed by atoms with Gasteiger partial charge in [-0.05, 0) is 24.1 Å². The van der Waals surface area contributed by atoms with E-state index in [1.54, 1.807) is 6.07 Å². The molecule has 0 spiro atoms. The normalized spacial score (nSPS) is 11.2. The maximum atomic E-state index is 11.8. The molecule has 29 heavy (non-hydrogen) atoms. The van der Waals surface area contributed by atoms with Crippen molar-refractivity contribution in [2.45, 2.75) is 40.0 Å². The lowest BCUT2D eigenvalue weighted by atomic mass is 10.1. The minimum atomic E-state index is -3.56. The lowest BCUT2D eigenvalue weighted by molar-refractivity contribution is -0.118. The fourth-order valence-electron chi connectivity index (χ4n) is 1.85. The van der Waals surface area contributed by atoms with Gasteiger partial charge in [0.05, 0.1) is 12.0 Å². The second-order valence-corrected chi connectivity index (χ2v) is 8.48. The van der Waals surface area contributed by atoms with Gasteiger partial charge in [-0.3, -0.25) is 4.79 Å². The highest BCUT2D eigenvalue weighted by Crippen LogP contribution is 2.28. The molecule has 3 N–H and O–H groups in total. The molecule has 1 rings (SSSR count). The average Bonchev–Trinajstić information content (AvgIpc) is 2.68. The van der Waals surface area contributed by atoms with Crippen LogP contribution in [0, 0.1) is 0 Å². The number of hydrogen-bond acceptors (Lipinski definition) is 6. The van der Waals surface area contributed by atoms with E-state index in [4.69, 9.17) is 4.74 Å². The fraction of sp³-hybridized carbons (Fsp3) is 0.476. The fourth-order valence-corrected chi connectivity index (χ4v) is 2.84. The summed E-state index contributed by atoms with van der Waals surface area (Å²) in [6.07, 6.45) is 6.15. The van der Waals surface area contributed by atoms with Gasteiger partial charge in [-0.15, -0.1) is 0 Å². The van der Waals surface area contributed by atoms with Crippen LogP contribution in [0.4, 0.5) is 0 Å². The number of sulfone groups is 1. The quantitative estimate of drug-likeness (QED) is 0.216. The summed E-state index contributed by atoms with van der Waals surface area (Å²) < 4.78 is 28.9. The van der Waals surface area contributed by atoms with E-state index < -0.39 is 21.5 Å². The molecular weight excluding hydrogens is 394 g/mol. The highest BCUT2D eigenvalue weighted by Gasteiger charge is 2.16. The molecule has 0 unspecified atom stereocenters. The molecule has 0 fully saturated rings. The summed E-state index contributed by atoms with van der Waals surface area (Å²) in [6.45, 7) is 10.2. The molecule has 1 aromatic carbocycles. The molecule has 0 saturated carbocycles. The maximum Gasteiger partial charge on any atom is 0.235 e. The Labute approximate surface area is 174 Å². The molecule has 1 aromatic rings. The number of benzene rings is 1. The summed E-state index contributed by atoms with van der Waals surface area (Å²) in [5.74, 6) is -1.93. The van der Waals surface area contributed by atoms with E-state index in [0.29, 0.717) is 17.7 Å². The number of carbonyl (C=O) groups is 1. The molecule has 164 valence electrons. The third-order valence-corrected chi connectivity index (χ3v) is 5.17. The smallest absolute Gasteiger partial charge is 0.235 e. The van der Waals surface area contributed by atoms with Crippen molar-refractivity contribution in [2.75, 3.05) is 24.7 Å². The van der Waals surface area contributed by atoms with E-state index in [2.05, 4.69) is 25.7 Å². The molecule has 8 heteroatoms. The van der Waals surface area contributed by atoms with Crippen LogP contribution in [0.15, 0.2) is 37.1 Å². The summed E-state index contributed by atoms with van der Waals surface area (Å²) in [6, 6.07) is 4.21. The minimum Gasteiger partial charge on any atom is -0.504 e. The highest BCUT2D eigenvalue weighted by atomic mass is 32.2. The Morgan fingerprint density at radius 3 is 2.31 bits per heavy atom.